The number of benzene rings is 2. The molecular formula is C21H20N4O3. The van der Waals surface area contributed by atoms with Gasteiger partial charge in [-0.1, -0.05) is 30.3 Å². The van der Waals surface area contributed by atoms with Gasteiger partial charge in [-0.2, -0.15) is 0 Å². The van der Waals surface area contributed by atoms with Gasteiger partial charge in [-0.05, 0) is 29.8 Å². The molecule has 0 radical (unpaired) electrons. The Morgan fingerprint density at radius 3 is 2.61 bits per heavy atom. The number of aromatic nitrogens is 2. The second kappa shape index (κ2) is 7.96. The molecule has 7 nitrogen and oxygen atoms in total. The van der Waals surface area contributed by atoms with Gasteiger partial charge in [-0.15, -0.1) is 0 Å². The van der Waals surface area contributed by atoms with Crippen LogP contribution >= 0.6 is 0 Å². The fourth-order valence-electron chi connectivity index (χ4n) is 3.11. The van der Waals surface area contributed by atoms with Crippen molar-refractivity contribution < 1.29 is 14.3 Å². The van der Waals surface area contributed by atoms with E-state index >= 15 is 0 Å². The molecule has 0 spiro atoms. The van der Waals surface area contributed by atoms with Crippen LogP contribution in [0.4, 0.5) is 10.5 Å². The zero-order valence-electron chi connectivity index (χ0n) is 15.2. The molecule has 0 atom stereocenters. The van der Waals surface area contributed by atoms with Crippen LogP contribution in [0.3, 0.4) is 0 Å². The van der Waals surface area contributed by atoms with E-state index in [1.54, 1.807) is 35.4 Å². The van der Waals surface area contributed by atoms with E-state index in [1.165, 1.54) is 0 Å². The Labute approximate surface area is 162 Å². The Balaban J connectivity index is 1.37. The van der Waals surface area contributed by atoms with Crippen LogP contribution in [0.1, 0.15) is 21.7 Å². The third kappa shape index (κ3) is 3.88. The zero-order chi connectivity index (χ0) is 19.3. The summed E-state index contributed by atoms with van der Waals surface area (Å²) >= 11 is 0. The van der Waals surface area contributed by atoms with Gasteiger partial charge in [0.25, 0.3) is 0 Å². The van der Waals surface area contributed by atoms with Crippen LogP contribution in [0, 0.1) is 0 Å². The molecule has 142 valence electrons. The fourth-order valence-corrected chi connectivity index (χ4v) is 3.11. The minimum atomic E-state index is -0.424. The maximum Gasteiger partial charge on any atom is 0.338 e. The highest BCUT2D eigenvalue weighted by Crippen LogP contribution is 2.18. The minimum absolute atomic E-state index is 0.0922. The number of nitrogens with one attached hydrogen (secondary N) is 1. The molecular weight excluding hydrogens is 356 g/mol. The Morgan fingerprint density at radius 2 is 1.89 bits per heavy atom. The first-order valence-corrected chi connectivity index (χ1v) is 9.07. The lowest BCUT2D eigenvalue weighted by atomic mass is 10.2. The summed E-state index contributed by atoms with van der Waals surface area (Å²) in [6.45, 7) is 2.00. The average molecular weight is 376 g/mol. The lowest BCUT2D eigenvalue weighted by Crippen LogP contribution is -2.27. The highest BCUT2D eigenvalue weighted by atomic mass is 16.5. The van der Waals surface area contributed by atoms with Gasteiger partial charge in [0.05, 0.1) is 5.56 Å². The van der Waals surface area contributed by atoms with E-state index in [-0.39, 0.29) is 12.6 Å². The Morgan fingerprint density at radius 1 is 1.11 bits per heavy atom. The molecule has 28 heavy (non-hydrogen) atoms. The fraction of sp³-hybridized carbons (Fsp3) is 0.190. The van der Waals surface area contributed by atoms with Crippen LogP contribution in [-0.4, -0.2) is 34.6 Å². The van der Waals surface area contributed by atoms with Crippen LogP contribution in [0.5, 0.6) is 0 Å². The highest BCUT2D eigenvalue weighted by molar-refractivity contribution is 5.95. The third-order valence-corrected chi connectivity index (χ3v) is 4.60. The standard InChI is InChI=1S/C21H20N4O3/c26-20(17-6-8-18(9-7-17)25-13-11-23-21(25)27)28-15-19-22-10-12-24(19)14-16-4-2-1-3-5-16/h1-10,12H,11,13-15H2,(H,23,27). The Hall–Kier alpha value is -3.61. The van der Waals surface area contributed by atoms with Crippen LogP contribution in [0.15, 0.2) is 67.0 Å². The number of urea groups is 1. The summed E-state index contributed by atoms with van der Waals surface area (Å²) in [5.74, 6) is 0.259. The van der Waals surface area contributed by atoms with Gasteiger partial charge in [0.2, 0.25) is 0 Å². The molecule has 2 heterocycles. The Kier molecular flexibility index (Phi) is 5.05. The lowest BCUT2D eigenvalue weighted by molar-refractivity contribution is 0.0458. The predicted molar refractivity (Wildman–Crippen MR) is 104 cm³/mol. The van der Waals surface area contributed by atoms with Gasteiger partial charge in [0.15, 0.2) is 0 Å². The van der Waals surface area contributed by atoms with Gasteiger partial charge >= 0.3 is 12.0 Å². The quantitative estimate of drug-likeness (QED) is 0.671. The van der Waals surface area contributed by atoms with Crippen molar-refractivity contribution in [2.24, 2.45) is 0 Å². The summed E-state index contributed by atoms with van der Waals surface area (Å²) < 4.78 is 7.38. The minimum Gasteiger partial charge on any atom is -0.454 e. The number of anilines is 1. The molecule has 1 aliphatic rings. The molecule has 1 aliphatic heterocycles. The van der Waals surface area contributed by atoms with Gasteiger partial charge in [-0.25, -0.2) is 14.6 Å². The molecule has 0 saturated carbocycles. The van der Waals surface area contributed by atoms with Crippen molar-refractivity contribution in [3.63, 3.8) is 0 Å². The number of esters is 1. The monoisotopic (exact) mass is 376 g/mol. The third-order valence-electron chi connectivity index (χ3n) is 4.60. The molecule has 1 fully saturated rings. The number of carbonyl (C=O) groups excluding carboxylic acids is 2. The van der Waals surface area contributed by atoms with Crippen LogP contribution in [0.2, 0.25) is 0 Å². The van der Waals surface area contributed by atoms with Gasteiger partial charge in [0, 0.05) is 37.7 Å². The second-order valence-corrected chi connectivity index (χ2v) is 6.46. The smallest absolute Gasteiger partial charge is 0.338 e. The van der Waals surface area contributed by atoms with Crippen molar-refractivity contribution >= 4 is 17.7 Å². The van der Waals surface area contributed by atoms with Crippen molar-refractivity contribution in [1.82, 2.24) is 14.9 Å². The van der Waals surface area contributed by atoms with Crippen molar-refractivity contribution in [1.29, 1.82) is 0 Å². The van der Waals surface area contributed by atoms with Crippen molar-refractivity contribution in [3.05, 3.63) is 83.9 Å². The van der Waals surface area contributed by atoms with E-state index in [2.05, 4.69) is 10.3 Å². The van der Waals surface area contributed by atoms with Crippen LogP contribution in [-0.2, 0) is 17.9 Å². The van der Waals surface area contributed by atoms with E-state index < -0.39 is 5.97 Å². The van der Waals surface area contributed by atoms with E-state index in [0.29, 0.717) is 31.0 Å². The molecule has 0 unspecified atom stereocenters. The van der Waals surface area contributed by atoms with E-state index in [0.717, 1.165) is 11.3 Å². The van der Waals surface area contributed by atoms with Crippen LogP contribution < -0.4 is 10.2 Å². The van der Waals surface area contributed by atoms with Crippen molar-refractivity contribution in [2.45, 2.75) is 13.2 Å². The number of carbonyl (C=O) groups is 2. The van der Waals surface area contributed by atoms with E-state index in [4.69, 9.17) is 4.74 Å². The summed E-state index contributed by atoms with van der Waals surface area (Å²) in [5, 5.41) is 2.75. The van der Waals surface area contributed by atoms with E-state index in [1.807, 2.05) is 41.1 Å². The largest absolute Gasteiger partial charge is 0.454 e. The number of rotatable bonds is 6. The summed E-state index contributed by atoms with van der Waals surface area (Å²) in [6.07, 6.45) is 3.56. The summed E-state index contributed by atoms with van der Waals surface area (Å²) in [6, 6.07) is 16.7. The summed E-state index contributed by atoms with van der Waals surface area (Å²) in [4.78, 5) is 30.0. The van der Waals surface area contributed by atoms with Gasteiger partial charge < -0.3 is 14.6 Å². The van der Waals surface area contributed by atoms with Crippen molar-refractivity contribution in [2.75, 3.05) is 18.0 Å². The Bertz CT molecular complexity index is 967. The first-order chi connectivity index (χ1) is 13.7. The first kappa shape index (κ1) is 17.8. The molecule has 2 aromatic carbocycles. The van der Waals surface area contributed by atoms with Crippen molar-refractivity contribution in [3.8, 4) is 0 Å². The molecule has 1 aromatic heterocycles. The number of nitrogens with zero attached hydrogens (tertiary/aromatic N) is 3. The predicted octanol–water partition coefficient (Wildman–Crippen LogP) is 2.82. The molecule has 3 aromatic rings. The highest BCUT2D eigenvalue weighted by Gasteiger charge is 2.21. The molecule has 1 saturated heterocycles. The molecule has 7 heteroatoms. The molecule has 4 rings (SSSR count). The number of amides is 2. The topological polar surface area (TPSA) is 76.5 Å². The average Bonchev–Trinajstić information content (AvgIpc) is 3.36. The van der Waals surface area contributed by atoms with E-state index in [9.17, 15) is 9.59 Å². The molecule has 2 amide bonds. The number of ether oxygens (including phenoxy) is 1. The van der Waals surface area contributed by atoms with Gasteiger partial charge in [0.1, 0.15) is 12.4 Å². The van der Waals surface area contributed by atoms with Crippen LogP contribution in [0.25, 0.3) is 0 Å². The summed E-state index contributed by atoms with van der Waals surface area (Å²) in [5.41, 5.74) is 2.34. The number of hydrogen-bond acceptors (Lipinski definition) is 4. The zero-order valence-corrected chi connectivity index (χ0v) is 15.2. The van der Waals surface area contributed by atoms with Gasteiger partial charge in [-0.3, -0.25) is 4.90 Å². The first-order valence-electron chi connectivity index (χ1n) is 9.07. The summed E-state index contributed by atoms with van der Waals surface area (Å²) in [7, 11) is 0. The molecule has 1 N–H and O–H groups in total. The lowest BCUT2D eigenvalue weighted by Gasteiger charge is -2.14. The SMILES string of the molecule is O=C(OCc1nccn1Cc1ccccc1)c1ccc(N2CCNC2=O)cc1. The molecule has 0 bridgehead atoms. The number of imidazole rings is 1. The maximum absolute atomic E-state index is 12.4. The molecule has 0 aliphatic carbocycles. The normalized spacial score (nSPS) is 13.4. The maximum atomic E-state index is 12.4. The second-order valence-electron chi connectivity index (χ2n) is 6.46. The number of hydrogen-bond donors (Lipinski definition) is 1.